The summed E-state index contributed by atoms with van der Waals surface area (Å²) in [6.45, 7) is 5.16. The number of carbonyl (C=O) groups excluding carboxylic acids is 4. The lowest BCUT2D eigenvalue weighted by Crippen LogP contribution is -2.57. The molecule has 0 spiro atoms. The van der Waals surface area contributed by atoms with E-state index in [0.29, 0.717) is 12.0 Å². The lowest BCUT2D eigenvalue weighted by atomic mass is 9.99. The number of carboxylic acids is 1. The number of carbonyl (C=O) groups is 5. The van der Waals surface area contributed by atoms with Crippen molar-refractivity contribution >= 4 is 29.6 Å². The van der Waals surface area contributed by atoms with Crippen LogP contribution in [0.5, 0.6) is 0 Å². The van der Waals surface area contributed by atoms with Crippen LogP contribution in [0.1, 0.15) is 39.2 Å². The first kappa shape index (κ1) is 27.6. The summed E-state index contributed by atoms with van der Waals surface area (Å²) in [5.74, 6) is -4.39. The van der Waals surface area contributed by atoms with E-state index in [1.54, 1.807) is 30.3 Å². The lowest BCUT2D eigenvalue weighted by Gasteiger charge is -2.24. The molecular formula is C22H33N5O6. The average Bonchev–Trinajstić information content (AvgIpc) is 2.77. The highest BCUT2D eigenvalue weighted by molar-refractivity contribution is 5.94. The van der Waals surface area contributed by atoms with E-state index in [0.717, 1.165) is 0 Å². The first-order valence-electron chi connectivity index (χ1n) is 10.7. The quantitative estimate of drug-likeness (QED) is 0.217. The Kier molecular flexibility index (Phi) is 11.0. The fraction of sp³-hybridized carbons (Fsp3) is 0.500. The van der Waals surface area contributed by atoms with Gasteiger partial charge in [0.2, 0.25) is 23.6 Å². The number of benzene rings is 1. The number of nitrogens with one attached hydrogen (secondary N) is 3. The molecule has 0 saturated carbocycles. The van der Waals surface area contributed by atoms with Crippen molar-refractivity contribution in [2.24, 2.45) is 17.4 Å². The van der Waals surface area contributed by atoms with Crippen LogP contribution in [-0.2, 0) is 30.4 Å². The maximum absolute atomic E-state index is 12.8. The Hall–Kier alpha value is -3.47. The standard InChI is InChI=1S/C22H33N5O6/c1-4-12(2)18(24)21(31)25-13(3)19(29)26-15(10-14-8-6-5-7-9-14)20(30)27-16(22(32)33)11-17(23)28/h5-9,12-13,15-16,18H,4,10-11,24H2,1-3H3,(H2,23,28)(H,25,31)(H,26,29)(H,27,30)(H,32,33)/t12-,13-,15-,16-,18-/m0/s1. The largest absolute Gasteiger partial charge is 0.480 e. The molecule has 0 radical (unpaired) electrons. The van der Waals surface area contributed by atoms with Crippen LogP contribution in [0.15, 0.2) is 30.3 Å². The molecule has 0 fully saturated rings. The highest BCUT2D eigenvalue weighted by atomic mass is 16.4. The van der Waals surface area contributed by atoms with Crippen molar-refractivity contribution in [1.82, 2.24) is 16.0 Å². The minimum Gasteiger partial charge on any atom is -0.480 e. The molecule has 33 heavy (non-hydrogen) atoms. The van der Waals surface area contributed by atoms with Gasteiger partial charge in [-0.25, -0.2) is 4.79 Å². The molecule has 11 heteroatoms. The number of primary amides is 1. The predicted octanol–water partition coefficient (Wildman–Crippen LogP) is -0.963. The molecule has 0 unspecified atom stereocenters. The van der Waals surface area contributed by atoms with Crippen molar-refractivity contribution < 1.29 is 29.1 Å². The molecule has 11 nitrogen and oxygen atoms in total. The SMILES string of the molecule is CC[C@H](C)[C@H](N)C(=O)N[C@@H](C)C(=O)N[C@@H](Cc1ccccc1)C(=O)N[C@@H](CC(N)=O)C(=O)O. The molecule has 4 amide bonds. The van der Waals surface area contributed by atoms with Crippen LogP contribution in [0.25, 0.3) is 0 Å². The number of nitrogens with two attached hydrogens (primary N) is 2. The summed E-state index contributed by atoms with van der Waals surface area (Å²) in [5, 5.41) is 16.6. The Morgan fingerprint density at radius 1 is 0.909 bits per heavy atom. The third-order valence-corrected chi connectivity index (χ3v) is 5.25. The van der Waals surface area contributed by atoms with Crippen molar-refractivity contribution in [1.29, 1.82) is 0 Å². The van der Waals surface area contributed by atoms with Crippen molar-refractivity contribution in [2.75, 3.05) is 0 Å². The molecule has 0 heterocycles. The van der Waals surface area contributed by atoms with Gasteiger partial charge in [-0.3, -0.25) is 19.2 Å². The van der Waals surface area contributed by atoms with Gasteiger partial charge < -0.3 is 32.5 Å². The molecule has 1 aromatic carbocycles. The van der Waals surface area contributed by atoms with Gasteiger partial charge in [-0.1, -0.05) is 50.6 Å². The molecule has 1 aromatic rings. The van der Waals surface area contributed by atoms with E-state index in [1.807, 2.05) is 13.8 Å². The van der Waals surface area contributed by atoms with Gasteiger partial charge >= 0.3 is 5.97 Å². The van der Waals surface area contributed by atoms with E-state index >= 15 is 0 Å². The normalized spacial score (nSPS) is 15.3. The minimum atomic E-state index is -1.55. The van der Waals surface area contributed by atoms with E-state index in [2.05, 4.69) is 16.0 Å². The molecule has 0 aliphatic heterocycles. The predicted molar refractivity (Wildman–Crippen MR) is 120 cm³/mol. The molecule has 5 atom stereocenters. The summed E-state index contributed by atoms with van der Waals surface area (Å²) in [5.41, 5.74) is 11.7. The summed E-state index contributed by atoms with van der Waals surface area (Å²) >= 11 is 0. The van der Waals surface area contributed by atoms with Gasteiger partial charge in [0.25, 0.3) is 0 Å². The molecule has 0 aliphatic carbocycles. The summed E-state index contributed by atoms with van der Waals surface area (Å²) < 4.78 is 0. The number of hydrogen-bond donors (Lipinski definition) is 6. The van der Waals surface area contributed by atoms with Crippen LogP contribution in [0.2, 0.25) is 0 Å². The van der Waals surface area contributed by atoms with Gasteiger partial charge in [0.1, 0.15) is 18.1 Å². The van der Waals surface area contributed by atoms with Gasteiger partial charge in [-0.15, -0.1) is 0 Å². The number of amides is 4. The van der Waals surface area contributed by atoms with Crippen molar-refractivity contribution in [3.63, 3.8) is 0 Å². The third-order valence-electron chi connectivity index (χ3n) is 5.25. The molecule has 0 bridgehead atoms. The monoisotopic (exact) mass is 463 g/mol. The van der Waals surface area contributed by atoms with Gasteiger partial charge in [0, 0.05) is 6.42 Å². The number of aliphatic carboxylic acids is 1. The minimum absolute atomic E-state index is 0.0500. The van der Waals surface area contributed by atoms with Gasteiger partial charge in [0.05, 0.1) is 12.5 Å². The first-order chi connectivity index (χ1) is 15.5. The molecule has 0 saturated heterocycles. The second-order valence-corrected chi connectivity index (χ2v) is 7.96. The zero-order valence-corrected chi connectivity index (χ0v) is 19.0. The van der Waals surface area contributed by atoms with Crippen LogP contribution in [0.3, 0.4) is 0 Å². The second kappa shape index (κ2) is 13.2. The number of hydrogen-bond acceptors (Lipinski definition) is 6. The molecule has 8 N–H and O–H groups in total. The summed E-state index contributed by atoms with van der Waals surface area (Å²) in [6, 6.07) is 4.24. The highest BCUT2D eigenvalue weighted by Gasteiger charge is 2.30. The van der Waals surface area contributed by atoms with E-state index in [4.69, 9.17) is 11.5 Å². The molecule has 0 aliphatic rings. The summed E-state index contributed by atoms with van der Waals surface area (Å²) in [6.07, 6.45) is 0.131. The molecular weight excluding hydrogens is 430 g/mol. The summed E-state index contributed by atoms with van der Waals surface area (Å²) in [7, 11) is 0. The van der Waals surface area contributed by atoms with E-state index in [-0.39, 0.29) is 12.3 Å². The van der Waals surface area contributed by atoms with E-state index < -0.39 is 60.2 Å². The van der Waals surface area contributed by atoms with Gasteiger partial charge in [-0.2, -0.15) is 0 Å². The van der Waals surface area contributed by atoms with Crippen molar-refractivity contribution in [2.45, 2.75) is 64.2 Å². The molecule has 0 aromatic heterocycles. The van der Waals surface area contributed by atoms with Crippen LogP contribution in [0, 0.1) is 5.92 Å². The zero-order valence-electron chi connectivity index (χ0n) is 19.0. The Morgan fingerprint density at radius 2 is 1.48 bits per heavy atom. The molecule has 1 rings (SSSR count). The Morgan fingerprint density at radius 3 is 2.00 bits per heavy atom. The van der Waals surface area contributed by atoms with Crippen molar-refractivity contribution in [3.8, 4) is 0 Å². The highest BCUT2D eigenvalue weighted by Crippen LogP contribution is 2.07. The topological polar surface area (TPSA) is 194 Å². The fourth-order valence-corrected chi connectivity index (χ4v) is 2.92. The Balaban J connectivity index is 2.96. The lowest BCUT2D eigenvalue weighted by molar-refractivity contribution is -0.143. The van der Waals surface area contributed by atoms with Crippen LogP contribution < -0.4 is 27.4 Å². The van der Waals surface area contributed by atoms with Gasteiger partial charge in [0.15, 0.2) is 0 Å². The van der Waals surface area contributed by atoms with Crippen molar-refractivity contribution in [3.05, 3.63) is 35.9 Å². The van der Waals surface area contributed by atoms with E-state index in [1.165, 1.54) is 6.92 Å². The van der Waals surface area contributed by atoms with Gasteiger partial charge in [-0.05, 0) is 18.4 Å². The number of rotatable bonds is 13. The second-order valence-electron chi connectivity index (χ2n) is 7.96. The summed E-state index contributed by atoms with van der Waals surface area (Å²) in [4.78, 5) is 60.3. The van der Waals surface area contributed by atoms with Crippen LogP contribution in [-0.4, -0.2) is 58.9 Å². The Bertz CT molecular complexity index is 847. The Labute approximate surface area is 192 Å². The fourth-order valence-electron chi connectivity index (χ4n) is 2.92. The van der Waals surface area contributed by atoms with E-state index in [9.17, 15) is 29.1 Å². The number of carboxylic acid groups (broad SMARTS) is 1. The third kappa shape index (κ3) is 9.27. The first-order valence-corrected chi connectivity index (χ1v) is 10.7. The smallest absolute Gasteiger partial charge is 0.326 e. The maximum Gasteiger partial charge on any atom is 0.326 e. The zero-order chi connectivity index (χ0) is 25.1. The van der Waals surface area contributed by atoms with Crippen LogP contribution in [0.4, 0.5) is 0 Å². The average molecular weight is 464 g/mol. The molecule has 182 valence electrons. The maximum atomic E-state index is 12.8. The van der Waals surface area contributed by atoms with Crippen LogP contribution >= 0.6 is 0 Å².